The second-order valence-electron chi connectivity index (χ2n) is 5.15. The van der Waals surface area contributed by atoms with E-state index in [9.17, 15) is 4.79 Å². The molecule has 1 atom stereocenters. The minimum absolute atomic E-state index is 0.276. The Hall–Kier alpha value is -2.03. The Bertz CT molecular complexity index is 639. The van der Waals surface area contributed by atoms with Crippen molar-refractivity contribution in [1.29, 1.82) is 0 Å². The second-order valence-corrected chi connectivity index (χ2v) is 5.15. The summed E-state index contributed by atoms with van der Waals surface area (Å²) in [4.78, 5) is 11.2. The van der Waals surface area contributed by atoms with E-state index in [2.05, 4.69) is 35.0 Å². The lowest BCUT2D eigenvalue weighted by atomic mass is 10.0. The van der Waals surface area contributed by atoms with E-state index in [1.54, 1.807) is 0 Å². The van der Waals surface area contributed by atoms with Crippen molar-refractivity contribution in [1.82, 2.24) is 4.57 Å². The quantitative estimate of drug-likeness (QED) is 0.841. The maximum absolute atomic E-state index is 11.2. The molecule has 1 aliphatic rings. The molecule has 1 aromatic heterocycles. The molecule has 0 saturated carbocycles. The van der Waals surface area contributed by atoms with Gasteiger partial charge in [0.2, 0.25) is 5.91 Å². The average molecular weight is 254 g/mol. The van der Waals surface area contributed by atoms with Crippen LogP contribution < -0.4 is 5.73 Å². The molecule has 19 heavy (non-hydrogen) atoms. The van der Waals surface area contributed by atoms with Gasteiger partial charge in [0.05, 0.1) is 12.5 Å². The molecule has 1 unspecified atom stereocenters. The summed E-state index contributed by atoms with van der Waals surface area (Å²) in [6.45, 7) is 0. The fourth-order valence-electron chi connectivity index (χ4n) is 2.91. The van der Waals surface area contributed by atoms with Gasteiger partial charge in [-0.15, -0.1) is 0 Å². The third-order valence-corrected chi connectivity index (χ3v) is 3.77. The van der Waals surface area contributed by atoms with Crippen LogP contribution in [-0.4, -0.2) is 10.5 Å². The largest absolute Gasteiger partial charge is 0.369 e. The Morgan fingerprint density at radius 1 is 1.37 bits per heavy atom. The fourth-order valence-corrected chi connectivity index (χ4v) is 2.91. The number of hydrogen-bond donors (Lipinski definition) is 1. The zero-order valence-corrected chi connectivity index (χ0v) is 10.9. The van der Waals surface area contributed by atoms with Gasteiger partial charge in [0, 0.05) is 17.1 Å². The van der Waals surface area contributed by atoms with Crippen molar-refractivity contribution < 1.29 is 4.79 Å². The van der Waals surface area contributed by atoms with Gasteiger partial charge in [-0.3, -0.25) is 4.79 Å². The van der Waals surface area contributed by atoms with Gasteiger partial charge < -0.3 is 10.3 Å². The van der Waals surface area contributed by atoms with Crippen molar-refractivity contribution in [3.05, 3.63) is 48.2 Å². The van der Waals surface area contributed by atoms with E-state index in [1.807, 2.05) is 12.1 Å². The average Bonchev–Trinajstić information content (AvgIpc) is 2.78. The third-order valence-electron chi connectivity index (χ3n) is 3.77. The fraction of sp³-hybridized carbons (Fsp3) is 0.312. The van der Waals surface area contributed by atoms with Crippen LogP contribution in [0.4, 0.5) is 0 Å². The Balaban J connectivity index is 2.11. The second kappa shape index (κ2) is 4.92. The Morgan fingerprint density at radius 2 is 2.21 bits per heavy atom. The molecular weight excluding hydrogens is 236 g/mol. The molecule has 0 fully saturated rings. The van der Waals surface area contributed by atoms with Crippen LogP contribution in [0.3, 0.4) is 0 Å². The van der Waals surface area contributed by atoms with Gasteiger partial charge in [-0.05, 0) is 30.9 Å². The van der Waals surface area contributed by atoms with E-state index in [4.69, 9.17) is 5.73 Å². The number of carbonyl (C=O) groups is 1. The van der Waals surface area contributed by atoms with Gasteiger partial charge in [-0.2, -0.15) is 0 Å². The first kappa shape index (κ1) is 12.0. The molecule has 1 heterocycles. The summed E-state index contributed by atoms with van der Waals surface area (Å²) in [7, 11) is 0. The normalized spacial score (nSPS) is 18.8. The molecule has 98 valence electrons. The number of nitrogens with zero attached hydrogens (tertiary/aromatic N) is 1. The van der Waals surface area contributed by atoms with Gasteiger partial charge in [0.1, 0.15) is 0 Å². The maximum Gasteiger partial charge on any atom is 0.221 e. The SMILES string of the molecule is NC(=O)Cc1cn(C2C=CCCC2)c2ccccc12. The first-order valence-electron chi connectivity index (χ1n) is 6.79. The number of aromatic nitrogens is 1. The van der Waals surface area contributed by atoms with E-state index in [-0.39, 0.29) is 5.91 Å². The van der Waals surface area contributed by atoms with Crippen molar-refractivity contribution in [3.8, 4) is 0 Å². The highest BCUT2D eigenvalue weighted by Gasteiger charge is 2.16. The number of rotatable bonds is 3. The monoisotopic (exact) mass is 254 g/mol. The van der Waals surface area contributed by atoms with Crippen molar-refractivity contribution in [2.24, 2.45) is 5.73 Å². The van der Waals surface area contributed by atoms with E-state index < -0.39 is 0 Å². The first-order valence-corrected chi connectivity index (χ1v) is 6.79. The molecule has 2 N–H and O–H groups in total. The first-order chi connectivity index (χ1) is 9.25. The minimum atomic E-state index is -0.276. The molecule has 1 aliphatic carbocycles. The Kier molecular flexibility index (Phi) is 3.11. The summed E-state index contributed by atoms with van der Waals surface area (Å²) in [6, 6.07) is 8.63. The van der Waals surface area contributed by atoms with Crippen LogP contribution in [0, 0.1) is 0 Å². The predicted octanol–water partition coefficient (Wildman–Crippen LogP) is 2.95. The van der Waals surface area contributed by atoms with E-state index >= 15 is 0 Å². The maximum atomic E-state index is 11.2. The Morgan fingerprint density at radius 3 is 2.95 bits per heavy atom. The molecular formula is C16H18N2O. The number of fused-ring (bicyclic) bond motifs is 1. The topological polar surface area (TPSA) is 48.0 Å². The highest BCUT2D eigenvalue weighted by Crippen LogP contribution is 2.30. The van der Waals surface area contributed by atoms with Gasteiger partial charge in [0.25, 0.3) is 0 Å². The lowest BCUT2D eigenvalue weighted by molar-refractivity contribution is -0.117. The molecule has 1 amide bonds. The summed E-state index contributed by atoms with van der Waals surface area (Å²) in [5.74, 6) is -0.276. The van der Waals surface area contributed by atoms with E-state index in [0.29, 0.717) is 12.5 Å². The number of nitrogens with two attached hydrogens (primary N) is 1. The number of carbonyl (C=O) groups excluding carboxylic acids is 1. The molecule has 3 nitrogen and oxygen atoms in total. The molecule has 1 aromatic carbocycles. The number of amides is 1. The standard InChI is InChI=1S/C16H18N2O/c17-16(19)10-12-11-18(13-6-2-1-3-7-13)15-9-5-4-8-14(12)15/h2,4-6,8-9,11,13H,1,3,7,10H2,(H2,17,19). The van der Waals surface area contributed by atoms with Gasteiger partial charge in [-0.1, -0.05) is 30.4 Å². The lowest BCUT2D eigenvalue weighted by Gasteiger charge is -2.19. The molecule has 0 saturated heterocycles. The number of primary amides is 1. The lowest BCUT2D eigenvalue weighted by Crippen LogP contribution is -2.13. The van der Waals surface area contributed by atoms with Crippen molar-refractivity contribution in [2.75, 3.05) is 0 Å². The summed E-state index contributed by atoms with van der Waals surface area (Å²) < 4.78 is 2.28. The van der Waals surface area contributed by atoms with Crippen LogP contribution in [0.2, 0.25) is 0 Å². The zero-order chi connectivity index (χ0) is 13.2. The number of hydrogen-bond acceptors (Lipinski definition) is 1. The van der Waals surface area contributed by atoms with E-state index in [0.717, 1.165) is 17.4 Å². The summed E-state index contributed by atoms with van der Waals surface area (Å²) >= 11 is 0. The van der Waals surface area contributed by atoms with Gasteiger partial charge in [0.15, 0.2) is 0 Å². The van der Waals surface area contributed by atoms with Crippen LogP contribution in [0.15, 0.2) is 42.6 Å². The van der Waals surface area contributed by atoms with Crippen LogP contribution >= 0.6 is 0 Å². The highest BCUT2D eigenvalue weighted by atomic mass is 16.1. The van der Waals surface area contributed by atoms with Crippen molar-refractivity contribution >= 4 is 16.8 Å². The third kappa shape index (κ3) is 2.28. The minimum Gasteiger partial charge on any atom is -0.369 e. The van der Waals surface area contributed by atoms with Crippen LogP contribution in [0.25, 0.3) is 10.9 Å². The van der Waals surface area contributed by atoms with Crippen molar-refractivity contribution in [3.63, 3.8) is 0 Å². The predicted molar refractivity (Wildman–Crippen MR) is 76.9 cm³/mol. The molecule has 0 spiro atoms. The number of allylic oxidation sites excluding steroid dienone is 2. The number of benzene rings is 1. The smallest absolute Gasteiger partial charge is 0.221 e. The molecule has 3 rings (SSSR count). The molecule has 0 radical (unpaired) electrons. The molecule has 0 aliphatic heterocycles. The zero-order valence-electron chi connectivity index (χ0n) is 10.9. The number of para-hydroxylation sites is 1. The molecule has 0 bridgehead atoms. The van der Waals surface area contributed by atoms with E-state index in [1.165, 1.54) is 18.4 Å². The molecule has 3 heteroatoms. The summed E-state index contributed by atoms with van der Waals surface area (Å²) in [5, 5.41) is 1.14. The Labute approximate surface area is 112 Å². The van der Waals surface area contributed by atoms with Crippen LogP contribution in [0.1, 0.15) is 30.9 Å². The van der Waals surface area contributed by atoms with Crippen LogP contribution in [-0.2, 0) is 11.2 Å². The molecule has 2 aromatic rings. The summed E-state index contributed by atoms with van der Waals surface area (Å²) in [5.41, 5.74) is 7.56. The van der Waals surface area contributed by atoms with Crippen molar-refractivity contribution in [2.45, 2.75) is 31.7 Å². The summed E-state index contributed by atoms with van der Waals surface area (Å²) in [6.07, 6.45) is 10.5. The van der Waals surface area contributed by atoms with Gasteiger partial charge >= 0.3 is 0 Å². The highest BCUT2D eigenvalue weighted by molar-refractivity contribution is 5.89. The van der Waals surface area contributed by atoms with Crippen LogP contribution in [0.5, 0.6) is 0 Å². The van der Waals surface area contributed by atoms with Gasteiger partial charge in [-0.25, -0.2) is 0 Å².